The van der Waals surface area contributed by atoms with Crippen LogP contribution in [-0.4, -0.2) is 51.9 Å². The van der Waals surface area contributed by atoms with E-state index in [-0.39, 0.29) is 12.7 Å². The summed E-state index contributed by atoms with van der Waals surface area (Å²) < 4.78 is 10.6. The number of carbonyl (C=O) groups is 1. The lowest BCUT2D eigenvalue weighted by atomic mass is 10.1. The van der Waals surface area contributed by atoms with Crippen molar-refractivity contribution >= 4 is 5.97 Å². The zero-order valence-electron chi connectivity index (χ0n) is 12.6. The van der Waals surface area contributed by atoms with E-state index in [0.29, 0.717) is 18.4 Å². The van der Waals surface area contributed by atoms with Crippen LogP contribution in [0.15, 0.2) is 4.52 Å². The quantitative estimate of drug-likeness (QED) is 0.812. The van der Waals surface area contributed by atoms with Gasteiger partial charge in [0.1, 0.15) is 6.61 Å². The zero-order valence-corrected chi connectivity index (χ0v) is 12.6. The number of aromatic nitrogens is 2. The van der Waals surface area contributed by atoms with Crippen molar-refractivity contribution < 1.29 is 19.2 Å². The minimum absolute atomic E-state index is 0.0385. The summed E-state index contributed by atoms with van der Waals surface area (Å²) in [4.78, 5) is 17.1. The highest BCUT2D eigenvalue weighted by Gasteiger charge is 2.22. The van der Waals surface area contributed by atoms with Gasteiger partial charge in [0.25, 0.3) is 0 Å². The third-order valence-electron chi connectivity index (χ3n) is 3.44. The van der Waals surface area contributed by atoms with Gasteiger partial charge in [-0.05, 0) is 18.8 Å². The maximum Gasteiger partial charge on any atom is 0.329 e. The van der Waals surface area contributed by atoms with E-state index >= 15 is 0 Å². The van der Waals surface area contributed by atoms with Crippen LogP contribution in [0, 0.1) is 5.92 Å². The van der Waals surface area contributed by atoms with Crippen molar-refractivity contribution in [3.63, 3.8) is 0 Å². The van der Waals surface area contributed by atoms with Crippen molar-refractivity contribution in [3.05, 3.63) is 11.7 Å². The average molecular weight is 297 g/mol. The van der Waals surface area contributed by atoms with Crippen LogP contribution in [0.2, 0.25) is 0 Å². The molecule has 7 nitrogen and oxygen atoms in total. The summed E-state index contributed by atoms with van der Waals surface area (Å²) in [6, 6.07) is 0. The minimum Gasteiger partial charge on any atom is -0.480 e. The van der Waals surface area contributed by atoms with E-state index in [4.69, 9.17) is 14.4 Å². The summed E-state index contributed by atoms with van der Waals surface area (Å²) in [6.45, 7) is 6.39. The fraction of sp³-hybridized carbons (Fsp3) is 0.786. The van der Waals surface area contributed by atoms with Crippen molar-refractivity contribution in [2.24, 2.45) is 5.92 Å². The number of piperidine rings is 1. The molecule has 0 spiro atoms. The van der Waals surface area contributed by atoms with Gasteiger partial charge in [-0.3, -0.25) is 4.90 Å². The van der Waals surface area contributed by atoms with Crippen LogP contribution in [0.25, 0.3) is 0 Å². The van der Waals surface area contributed by atoms with Crippen molar-refractivity contribution in [1.29, 1.82) is 0 Å². The molecule has 2 heterocycles. The number of carboxylic acid groups (broad SMARTS) is 1. The third kappa shape index (κ3) is 5.43. The molecule has 1 aliphatic rings. The standard InChI is InChI=1S/C14H23N3O4/c1-10(2)7-12-15-13(21-16-12)8-17-5-3-11(4-6-17)20-9-14(18)19/h10-11H,3-9H2,1-2H3,(H,18,19). The number of ether oxygens (including phenoxy) is 1. The SMILES string of the molecule is CC(C)Cc1noc(CN2CCC(OCC(=O)O)CC2)n1. The summed E-state index contributed by atoms with van der Waals surface area (Å²) in [6.07, 6.45) is 2.53. The van der Waals surface area contributed by atoms with Crippen molar-refractivity contribution in [3.8, 4) is 0 Å². The molecule has 0 radical (unpaired) electrons. The molecule has 0 aromatic carbocycles. The first kappa shape index (κ1) is 15.9. The van der Waals surface area contributed by atoms with E-state index in [1.54, 1.807) is 0 Å². The number of nitrogens with zero attached hydrogens (tertiary/aromatic N) is 3. The molecule has 0 unspecified atom stereocenters. The van der Waals surface area contributed by atoms with Crippen LogP contribution in [0.3, 0.4) is 0 Å². The van der Waals surface area contributed by atoms with E-state index < -0.39 is 5.97 Å². The fourth-order valence-corrected chi connectivity index (χ4v) is 2.42. The smallest absolute Gasteiger partial charge is 0.329 e. The lowest BCUT2D eigenvalue weighted by Gasteiger charge is -2.30. The second kappa shape index (κ2) is 7.51. The molecule has 1 fully saturated rings. The monoisotopic (exact) mass is 297 g/mol. The largest absolute Gasteiger partial charge is 0.480 e. The number of likely N-dealkylation sites (tertiary alicyclic amines) is 1. The van der Waals surface area contributed by atoms with Gasteiger partial charge in [0.2, 0.25) is 5.89 Å². The molecular weight excluding hydrogens is 274 g/mol. The van der Waals surface area contributed by atoms with E-state index in [2.05, 4.69) is 28.9 Å². The molecular formula is C14H23N3O4. The molecule has 118 valence electrons. The Labute approximate surface area is 124 Å². The first-order valence-corrected chi connectivity index (χ1v) is 7.40. The van der Waals surface area contributed by atoms with Gasteiger partial charge in [-0.25, -0.2) is 4.79 Å². The minimum atomic E-state index is -0.916. The Morgan fingerprint density at radius 3 is 2.81 bits per heavy atom. The molecule has 0 bridgehead atoms. The highest BCUT2D eigenvalue weighted by atomic mass is 16.5. The Hall–Kier alpha value is -1.47. The lowest BCUT2D eigenvalue weighted by Crippen LogP contribution is -2.37. The molecule has 1 saturated heterocycles. The van der Waals surface area contributed by atoms with Gasteiger partial charge in [0.05, 0.1) is 12.6 Å². The average Bonchev–Trinajstić information content (AvgIpc) is 2.84. The van der Waals surface area contributed by atoms with Gasteiger partial charge in [-0.1, -0.05) is 19.0 Å². The summed E-state index contributed by atoms with van der Waals surface area (Å²) in [5, 5.41) is 12.6. The molecule has 0 atom stereocenters. The number of carboxylic acids is 1. The van der Waals surface area contributed by atoms with Crippen LogP contribution in [0.5, 0.6) is 0 Å². The molecule has 1 N–H and O–H groups in total. The Balaban J connectivity index is 1.73. The molecule has 7 heteroatoms. The predicted molar refractivity (Wildman–Crippen MR) is 74.7 cm³/mol. The van der Waals surface area contributed by atoms with Gasteiger partial charge in [0, 0.05) is 19.5 Å². The van der Waals surface area contributed by atoms with Gasteiger partial charge < -0.3 is 14.4 Å². The highest BCUT2D eigenvalue weighted by Crippen LogP contribution is 2.16. The number of hydrogen-bond donors (Lipinski definition) is 1. The van der Waals surface area contributed by atoms with Crippen molar-refractivity contribution in [2.75, 3.05) is 19.7 Å². The van der Waals surface area contributed by atoms with E-state index in [1.165, 1.54) is 0 Å². The van der Waals surface area contributed by atoms with Crippen LogP contribution < -0.4 is 0 Å². The normalized spacial score (nSPS) is 17.5. The Bertz CT molecular complexity index is 453. The summed E-state index contributed by atoms with van der Waals surface area (Å²) in [5.41, 5.74) is 0. The Morgan fingerprint density at radius 1 is 1.48 bits per heavy atom. The molecule has 0 saturated carbocycles. The highest BCUT2D eigenvalue weighted by molar-refractivity contribution is 5.68. The number of aliphatic carboxylic acids is 1. The van der Waals surface area contributed by atoms with E-state index in [0.717, 1.165) is 38.2 Å². The summed E-state index contributed by atoms with van der Waals surface area (Å²) >= 11 is 0. The van der Waals surface area contributed by atoms with Crippen LogP contribution >= 0.6 is 0 Å². The van der Waals surface area contributed by atoms with Gasteiger partial charge in [0.15, 0.2) is 5.82 Å². The molecule has 2 rings (SSSR count). The summed E-state index contributed by atoms with van der Waals surface area (Å²) in [5.74, 6) is 1.01. The lowest BCUT2D eigenvalue weighted by molar-refractivity contribution is -0.145. The van der Waals surface area contributed by atoms with Gasteiger partial charge in [-0.15, -0.1) is 0 Å². The molecule has 21 heavy (non-hydrogen) atoms. The molecule has 1 aromatic rings. The zero-order chi connectivity index (χ0) is 15.2. The van der Waals surface area contributed by atoms with Crippen molar-refractivity contribution in [1.82, 2.24) is 15.0 Å². The van der Waals surface area contributed by atoms with Crippen LogP contribution in [0.1, 0.15) is 38.4 Å². The number of rotatable bonds is 7. The maximum absolute atomic E-state index is 10.5. The molecule has 0 amide bonds. The topological polar surface area (TPSA) is 88.7 Å². The Kier molecular flexibility index (Phi) is 5.69. The Morgan fingerprint density at radius 2 is 2.19 bits per heavy atom. The fourth-order valence-electron chi connectivity index (χ4n) is 2.42. The van der Waals surface area contributed by atoms with Crippen molar-refractivity contribution in [2.45, 2.75) is 45.8 Å². The van der Waals surface area contributed by atoms with E-state index in [9.17, 15) is 4.79 Å². The second-order valence-electron chi connectivity index (χ2n) is 5.88. The van der Waals surface area contributed by atoms with Gasteiger partial charge >= 0.3 is 5.97 Å². The van der Waals surface area contributed by atoms with Gasteiger partial charge in [-0.2, -0.15) is 4.98 Å². The first-order valence-electron chi connectivity index (χ1n) is 7.40. The summed E-state index contributed by atoms with van der Waals surface area (Å²) in [7, 11) is 0. The third-order valence-corrected chi connectivity index (χ3v) is 3.44. The maximum atomic E-state index is 10.5. The number of hydrogen-bond acceptors (Lipinski definition) is 6. The second-order valence-corrected chi connectivity index (χ2v) is 5.88. The molecule has 1 aliphatic heterocycles. The molecule has 1 aromatic heterocycles. The predicted octanol–water partition coefficient (Wildman–Crippen LogP) is 1.33. The molecule has 0 aliphatic carbocycles. The van der Waals surface area contributed by atoms with Crippen LogP contribution in [0.4, 0.5) is 0 Å². The van der Waals surface area contributed by atoms with E-state index in [1.807, 2.05) is 0 Å². The van der Waals surface area contributed by atoms with Crippen LogP contribution in [-0.2, 0) is 22.5 Å². The first-order chi connectivity index (χ1) is 10.0.